The predicted octanol–water partition coefficient (Wildman–Crippen LogP) is -0.163. The van der Waals surface area contributed by atoms with Crippen molar-refractivity contribution in [1.29, 1.82) is 0 Å². The van der Waals surface area contributed by atoms with Crippen molar-refractivity contribution in [2.45, 2.75) is 12.5 Å². The highest BCUT2D eigenvalue weighted by Gasteiger charge is 2.15. The molecule has 1 aliphatic heterocycles. The van der Waals surface area contributed by atoms with Crippen molar-refractivity contribution in [2.75, 3.05) is 31.1 Å². The van der Waals surface area contributed by atoms with E-state index in [1.54, 1.807) is 0 Å². The molecule has 76 valence electrons. The van der Waals surface area contributed by atoms with Crippen LogP contribution in [-0.2, 0) is 4.79 Å². The van der Waals surface area contributed by atoms with Gasteiger partial charge in [0.15, 0.2) is 0 Å². The average Bonchev–Trinajstić information content (AvgIpc) is 2.15. The monoisotopic (exact) mass is 204 g/mol. The molecule has 1 rings (SSSR count). The average molecular weight is 204 g/mol. The van der Waals surface area contributed by atoms with Crippen molar-refractivity contribution < 1.29 is 9.90 Å². The molecule has 1 saturated heterocycles. The van der Waals surface area contributed by atoms with Crippen LogP contribution in [0, 0.1) is 0 Å². The summed E-state index contributed by atoms with van der Waals surface area (Å²) < 4.78 is 0. The van der Waals surface area contributed by atoms with Crippen LogP contribution >= 0.6 is 11.8 Å². The van der Waals surface area contributed by atoms with Gasteiger partial charge in [-0.2, -0.15) is 11.8 Å². The van der Waals surface area contributed by atoms with Crippen LogP contribution in [0.4, 0.5) is 0 Å². The van der Waals surface area contributed by atoms with Gasteiger partial charge in [0, 0.05) is 31.1 Å². The van der Waals surface area contributed by atoms with Gasteiger partial charge in [-0.1, -0.05) is 0 Å². The summed E-state index contributed by atoms with van der Waals surface area (Å²) in [6, 6.07) is -0.699. The molecule has 0 amide bonds. The molecule has 13 heavy (non-hydrogen) atoms. The molecular weight excluding hydrogens is 188 g/mol. The van der Waals surface area contributed by atoms with Gasteiger partial charge in [-0.25, -0.2) is 0 Å². The highest BCUT2D eigenvalue weighted by molar-refractivity contribution is 7.99. The molecule has 0 saturated carbocycles. The summed E-state index contributed by atoms with van der Waals surface area (Å²) in [5.74, 6) is 1.41. The second-order valence-electron chi connectivity index (χ2n) is 3.19. The smallest absolute Gasteiger partial charge is 0.320 e. The van der Waals surface area contributed by atoms with Crippen molar-refractivity contribution in [1.82, 2.24) is 4.90 Å². The van der Waals surface area contributed by atoms with Crippen LogP contribution in [0.3, 0.4) is 0 Å². The zero-order valence-corrected chi connectivity index (χ0v) is 8.42. The maximum Gasteiger partial charge on any atom is 0.320 e. The number of thioether (sulfide) groups is 1. The van der Waals surface area contributed by atoms with Crippen molar-refractivity contribution in [3.8, 4) is 0 Å². The van der Waals surface area contributed by atoms with Crippen molar-refractivity contribution in [3.05, 3.63) is 0 Å². The Kier molecular flexibility index (Phi) is 4.55. The van der Waals surface area contributed by atoms with Gasteiger partial charge in [0.2, 0.25) is 0 Å². The fraction of sp³-hybridized carbons (Fsp3) is 0.875. The minimum atomic E-state index is -0.897. The van der Waals surface area contributed by atoms with Crippen LogP contribution in [0.2, 0.25) is 0 Å². The molecule has 0 aromatic heterocycles. The lowest BCUT2D eigenvalue weighted by Crippen LogP contribution is -2.38. The third-order valence-electron chi connectivity index (χ3n) is 2.18. The van der Waals surface area contributed by atoms with E-state index in [4.69, 9.17) is 10.8 Å². The van der Waals surface area contributed by atoms with E-state index in [1.165, 1.54) is 0 Å². The number of hydrogen-bond donors (Lipinski definition) is 2. The second kappa shape index (κ2) is 5.47. The molecule has 0 aromatic carbocycles. The molecule has 0 radical (unpaired) electrons. The van der Waals surface area contributed by atoms with Gasteiger partial charge in [0.1, 0.15) is 6.04 Å². The molecule has 5 heteroatoms. The van der Waals surface area contributed by atoms with Gasteiger partial charge >= 0.3 is 5.97 Å². The Bertz CT molecular complexity index is 172. The van der Waals surface area contributed by atoms with Crippen LogP contribution < -0.4 is 5.73 Å². The summed E-state index contributed by atoms with van der Waals surface area (Å²) in [4.78, 5) is 12.7. The van der Waals surface area contributed by atoms with Crippen LogP contribution in [-0.4, -0.2) is 53.2 Å². The lowest BCUT2D eigenvalue weighted by atomic mass is 10.2. The van der Waals surface area contributed by atoms with Crippen LogP contribution in [0.5, 0.6) is 0 Å². The first-order chi connectivity index (χ1) is 6.20. The lowest BCUT2D eigenvalue weighted by Gasteiger charge is -2.26. The normalized spacial score (nSPS) is 21.3. The zero-order valence-electron chi connectivity index (χ0n) is 7.61. The maximum absolute atomic E-state index is 10.4. The molecule has 0 aliphatic carbocycles. The van der Waals surface area contributed by atoms with Gasteiger partial charge in [-0.3, -0.25) is 4.79 Å². The van der Waals surface area contributed by atoms with Crippen LogP contribution in [0.1, 0.15) is 6.42 Å². The molecule has 1 atom stereocenters. The van der Waals surface area contributed by atoms with E-state index in [2.05, 4.69) is 4.90 Å². The minimum absolute atomic E-state index is 0.556. The number of carboxylic acids is 1. The molecule has 4 nitrogen and oxygen atoms in total. The second-order valence-corrected chi connectivity index (χ2v) is 4.41. The van der Waals surface area contributed by atoms with E-state index in [0.29, 0.717) is 6.42 Å². The fourth-order valence-corrected chi connectivity index (χ4v) is 2.25. The summed E-state index contributed by atoms with van der Waals surface area (Å²) in [6.07, 6.45) is 0.556. The number of carbonyl (C=O) groups is 1. The first kappa shape index (κ1) is 10.8. The minimum Gasteiger partial charge on any atom is -0.480 e. The molecule has 0 bridgehead atoms. The highest BCUT2D eigenvalue weighted by Crippen LogP contribution is 2.09. The van der Waals surface area contributed by atoms with Crippen molar-refractivity contribution in [2.24, 2.45) is 5.73 Å². The third-order valence-corrected chi connectivity index (χ3v) is 3.12. The predicted molar refractivity (Wildman–Crippen MR) is 54.0 cm³/mol. The maximum atomic E-state index is 10.4. The molecule has 3 N–H and O–H groups in total. The molecular formula is C8H16N2O2S. The number of rotatable bonds is 4. The molecule has 0 spiro atoms. The van der Waals surface area contributed by atoms with Gasteiger partial charge in [0.25, 0.3) is 0 Å². The lowest BCUT2D eigenvalue weighted by molar-refractivity contribution is -0.138. The van der Waals surface area contributed by atoms with Gasteiger partial charge < -0.3 is 15.7 Å². The molecule has 0 unspecified atom stereocenters. The van der Waals surface area contributed by atoms with Crippen molar-refractivity contribution in [3.63, 3.8) is 0 Å². The zero-order chi connectivity index (χ0) is 9.68. The Morgan fingerprint density at radius 2 is 2.15 bits per heavy atom. The van der Waals surface area contributed by atoms with E-state index < -0.39 is 12.0 Å². The Morgan fingerprint density at radius 3 is 2.69 bits per heavy atom. The van der Waals surface area contributed by atoms with Crippen LogP contribution in [0.25, 0.3) is 0 Å². The van der Waals surface area contributed by atoms with E-state index >= 15 is 0 Å². The largest absolute Gasteiger partial charge is 0.480 e. The summed E-state index contributed by atoms with van der Waals surface area (Å²) in [5.41, 5.74) is 5.40. The third kappa shape index (κ3) is 3.97. The standard InChI is InChI=1S/C8H16N2O2S/c9-7(8(11)12)1-2-10-3-5-13-6-4-10/h7H,1-6,9H2,(H,11,12)/t7-/m0/s1. The molecule has 1 aliphatic rings. The Labute approximate surface area is 82.5 Å². The number of aliphatic carboxylic acids is 1. The Hall–Kier alpha value is -0.260. The first-order valence-electron chi connectivity index (χ1n) is 4.48. The number of nitrogens with zero attached hydrogens (tertiary/aromatic N) is 1. The summed E-state index contributed by atoms with van der Waals surface area (Å²) in [5, 5.41) is 8.56. The fourth-order valence-electron chi connectivity index (χ4n) is 1.27. The number of nitrogens with two attached hydrogens (primary N) is 1. The van der Waals surface area contributed by atoms with E-state index in [0.717, 1.165) is 31.1 Å². The van der Waals surface area contributed by atoms with Gasteiger partial charge in [0.05, 0.1) is 0 Å². The van der Waals surface area contributed by atoms with E-state index in [-0.39, 0.29) is 0 Å². The topological polar surface area (TPSA) is 66.6 Å². The number of hydrogen-bond acceptors (Lipinski definition) is 4. The first-order valence-corrected chi connectivity index (χ1v) is 5.64. The Morgan fingerprint density at radius 1 is 1.54 bits per heavy atom. The van der Waals surface area contributed by atoms with Crippen molar-refractivity contribution >= 4 is 17.7 Å². The quantitative estimate of drug-likeness (QED) is 0.666. The summed E-state index contributed by atoms with van der Waals surface area (Å²) in [7, 11) is 0. The Balaban J connectivity index is 2.13. The van der Waals surface area contributed by atoms with Gasteiger partial charge in [-0.15, -0.1) is 0 Å². The molecule has 1 fully saturated rings. The highest BCUT2D eigenvalue weighted by atomic mass is 32.2. The van der Waals surface area contributed by atoms with E-state index in [1.807, 2.05) is 11.8 Å². The molecule has 1 heterocycles. The number of carboxylic acid groups (broad SMARTS) is 1. The van der Waals surface area contributed by atoms with Gasteiger partial charge in [-0.05, 0) is 6.42 Å². The summed E-state index contributed by atoms with van der Waals surface area (Å²) >= 11 is 1.95. The molecule has 0 aromatic rings. The van der Waals surface area contributed by atoms with Crippen LogP contribution in [0.15, 0.2) is 0 Å². The van der Waals surface area contributed by atoms with E-state index in [9.17, 15) is 4.79 Å². The summed E-state index contributed by atoms with van der Waals surface area (Å²) in [6.45, 7) is 2.95. The SMILES string of the molecule is N[C@@H](CCN1CCSCC1)C(=O)O.